The van der Waals surface area contributed by atoms with E-state index in [0.29, 0.717) is 28.0 Å². The fraction of sp³-hybridized carbons (Fsp3) is 0.167. The van der Waals surface area contributed by atoms with Gasteiger partial charge in [0.05, 0.1) is 16.9 Å². The SMILES string of the molecule is CCC(=O)Oc1ccc(-n2c(=O)nc(C)c3cc(O)c(O)cc32)cc1. The van der Waals surface area contributed by atoms with Gasteiger partial charge in [0.15, 0.2) is 11.5 Å². The summed E-state index contributed by atoms with van der Waals surface area (Å²) in [5.41, 5.74) is 0.823. The van der Waals surface area contributed by atoms with E-state index in [1.54, 1.807) is 38.1 Å². The van der Waals surface area contributed by atoms with E-state index in [1.807, 2.05) is 0 Å². The van der Waals surface area contributed by atoms with Gasteiger partial charge in [0.1, 0.15) is 5.75 Å². The van der Waals surface area contributed by atoms with Gasteiger partial charge in [-0.2, -0.15) is 4.98 Å². The predicted octanol–water partition coefficient (Wildman–Crippen LogP) is 2.42. The lowest BCUT2D eigenvalue weighted by molar-refractivity contribution is -0.134. The Morgan fingerprint density at radius 1 is 1.16 bits per heavy atom. The van der Waals surface area contributed by atoms with Gasteiger partial charge in [-0.05, 0) is 37.3 Å². The molecule has 1 aromatic heterocycles. The van der Waals surface area contributed by atoms with Crippen LogP contribution in [-0.2, 0) is 4.79 Å². The third kappa shape index (κ3) is 3.03. The second-order valence-corrected chi connectivity index (χ2v) is 5.49. The fourth-order valence-corrected chi connectivity index (χ4v) is 2.51. The number of hydrogen-bond acceptors (Lipinski definition) is 6. The summed E-state index contributed by atoms with van der Waals surface area (Å²) in [6.45, 7) is 3.35. The summed E-state index contributed by atoms with van der Waals surface area (Å²) in [4.78, 5) is 27.7. The first-order valence-corrected chi connectivity index (χ1v) is 7.67. The molecule has 0 aliphatic heterocycles. The normalized spacial score (nSPS) is 10.8. The number of fused-ring (bicyclic) bond motifs is 1. The summed E-state index contributed by atoms with van der Waals surface area (Å²) >= 11 is 0. The minimum absolute atomic E-state index is 0.260. The van der Waals surface area contributed by atoms with Crippen LogP contribution < -0.4 is 10.4 Å². The molecule has 7 nitrogen and oxygen atoms in total. The van der Waals surface area contributed by atoms with Crippen molar-refractivity contribution < 1.29 is 19.7 Å². The smallest absolute Gasteiger partial charge is 0.352 e. The van der Waals surface area contributed by atoms with Crippen LogP contribution >= 0.6 is 0 Å². The van der Waals surface area contributed by atoms with Gasteiger partial charge >= 0.3 is 11.7 Å². The molecular weight excluding hydrogens is 324 g/mol. The molecule has 0 unspecified atom stereocenters. The number of phenolic OH excluding ortho intramolecular Hbond substituents is 2. The summed E-state index contributed by atoms with van der Waals surface area (Å²) in [5, 5.41) is 20.0. The maximum Gasteiger partial charge on any atom is 0.352 e. The highest BCUT2D eigenvalue weighted by atomic mass is 16.5. The number of hydrogen-bond donors (Lipinski definition) is 2. The van der Waals surface area contributed by atoms with E-state index in [-0.39, 0.29) is 23.9 Å². The van der Waals surface area contributed by atoms with Crippen LogP contribution in [0.4, 0.5) is 0 Å². The van der Waals surface area contributed by atoms with Crippen LogP contribution in [0, 0.1) is 6.92 Å². The molecular formula is C18H16N2O5. The predicted molar refractivity (Wildman–Crippen MR) is 91.3 cm³/mol. The Hall–Kier alpha value is -3.35. The molecule has 3 aromatic rings. The molecule has 25 heavy (non-hydrogen) atoms. The molecule has 7 heteroatoms. The first kappa shape index (κ1) is 16.5. The molecule has 0 spiro atoms. The van der Waals surface area contributed by atoms with Crippen LogP contribution in [0.2, 0.25) is 0 Å². The van der Waals surface area contributed by atoms with Crippen LogP contribution in [0.15, 0.2) is 41.2 Å². The zero-order chi connectivity index (χ0) is 18.1. The molecule has 0 saturated carbocycles. The van der Waals surface area contributed by atoms with Crippen molar-refractivity contribution in [3.05, 3.63) is 52.6 Å². The van der Waals surface area contributed by atoms with Crippen LogP contribution in [0.3, 0.4) is 0 Å². The maximum absolute atomic E-state index is 12.4. The minimum atomic E-state index is -0.520. The topological polar surface area (TPSA) is 102 Å². The van der Waals surface area contributed by atoms with Gasteiger partial charge in [-0.1, -0.05) is 6.92 Å². The van der Waals surface area contributed by atoms with E-state index in [2.05, 4.69) is 4.98 Å². The molecule has 0 aliphatic carbocycles. The molecule has 0 aliphatic rings. The maximum atomic E-state index is 12.4. The molecule has 128 valence electrons. The number of aromatic hydroxyl groups is 2. The first-order valence-electron chi connectivity index (χ1n) is 7.67. The monoisotopic (exact) mass is 340 g/mol. The van der Waals surface area contributed by atoms with E-state index in [1.165, 1.54) is 16.7 Å². The Labute approximate surface area is 142 Å². The number of benzene rings is 2. The molecule has 0 bridgehead atoms. The van der Waals surface area contributed by atoms with E-state index in [4.69, 9.17) is 4.74 Å². The van der Waals surface area contributed by atoms with Gasteiger partial charge in [-0.3, -0.25) is 9.36 Å². The van der Waals surface area contributed by atoms with Crippen molar-refractivity contribution in [2.45, 2.75) is 20.3 Å². The Morgan fingerprint density at radius 3 is 2.44 bits per heavy atom. The standard InChI is InChI=1S/C18H16N2O5/c1-3-17(23)25-12-6-4-11(5-7-12)20-14-9-16(22)15(21)8-13(14)10(2)19-18(20)24/h4-9,21-22H,3H2,1-2H3. The Kier molecular flexibility index (Phi) is 4.14. The number of aryl methyl sites for hydroxylation is 1. The van der Waals surface area contributed by atoms with Crippen LogP contribution in [-0.4, -0.2) is 25.7 Å². The molecule has 0 atom stereocenters. The summed E-state index contributed by atoms with van der Waals surface area (Å²) in [6, 6.07) is 9.04. The first-order chi connectivity index (χ1) is 11.9. The Morgan fingerprint density at radius 2 is 1.80 bits per heavy atom. The van der Waals surface area contributed by atoms with Crippen molar-refractivity contribution >= 4 is 16.9 Å². The second-order valence-electron chi connectivity index (χ2n) is 5.49. The largest absolute Gasteiger partial charge is 0.504 e. The molecule has 0 amide bonds. The van der Waals surface area contributed by atoms with Crippen molar-refractivity contribution in [1.82, 2.24) is 9.55 Å². The molecule has 1 heterocycles. The summed E-state index contributed by atoms with van der Waals surface area (Å²) in [7, 11) is 0. The van der Waals surface area contributed by atoms with Crippen molar-refractivity contribution in [3.63, 3.8) is 0 Å². The highest BCUT2D eigenvalue weighted by Gasteiger charge is 2.13. The molecule has 3 rings (SSSR count). The zero-order valence-corrected chi connectivity index (χ0v) is 13.7. The van der Waals surface area contributed by atoms with Crippen molar-refractivity contribution in [2.75, 3.05) is 0 Å². The lowest BCUT2D eigenvalue weighted by Crippen LogP contribution is -2.22. The van der Waals surface area contributed by atoms with Gasteiger partial charge in [0, 0.05) is 17.9 Å². The van der Waals surface area contributed by atoms with Crippen LogP contribution in [0.25, 0.3) is 16.6 Å². The lowest BCUT2D eigenvalue weighted by Gasteiger charge is -2.13. The molecule has 2 N–H and O–H groups in total. The number of phenols is 2. The minimum Gasteiger partial charge on any atom is -0.504 e. The third-order valence-corrected chi connectivity index (χ3v) is 3.79. The number of nitrogens with zero attached hydrogens (tertiary/aromatic N) is 2. The second kappa shape index (κ2) is 6.27. The van der Waals surface area contributed by atoms with Crippen molar-refractivity contribution in [1.29, 1.82) is 0 Å². The number of aromatic nitrogens is 2. The molecule has 0 saturated heterocycles. The number of esters is 1. The fourth-order valence-electron chi connectivity index (χ4n) is 2.51. The van der Waals surface area contributed by atoms with Crippen LogP contribution in [0.1, 0.15) is 19.0 Å². The van der Waals surface area contributed by atoms with E-state index in [0.717, 1.165) is 0 Å². The average Bonchev–Trinajstić information content (AvgIpc) is 2.58. The molecule has 0 radical (unpaired) electrons. The Bertz CT molecular complexity index is 1020. The highest BCUT2D eigenvalue weighted by Crippen LogP contribution is 2.31. The van der Waals surface area contributed by atoms with E-state index in [9.17, 15) is 19.8 Å². The van der Waals surface area contributed by atoms with Gasteiger partial charge in [-0.25, -0.2) is 4.79 Å². The van der Waals surface area contributed by atoms with Gasteiger partial charge in [0.2, 0.25) is 0 Å². The molecule has 0 fully saturated rings. The zero-order valence-electron chi connectivity index (χ0n) is 13.7. The number of rotatable bonds is 3. The third-order valence-electron chi connectivity index (χ3n) is 3.79. The number of carbonyl (C=O) groups excluding carboxylic acids is 1. The summed E-state index contributed by atoms with van der Waals surface area (Å²) in [5.74, 6) is -0.606. The number of ether oxygens (including phenoxy) is 1. The average molecular weight is 340 g/mol. The lowest BCUT2D eigenvalue weighted by atomic mass is 10.1. The van der Waals surface area contributed by atoms with Gasteiger partial charge in [0.25, 0.3) is 0 Å². The van der Waals surface area contributed by atoms with Crippen molar-refractivity contribution in [2.24, 2.45) is 0 Å². The van der Waals surface area contributed by atoms with Crippen molar-refractivity contribution in [3.8, 4) is 22.9 Å². The van der Waals surface area contributed by atoms with Crippen LogP contribution in [0.5, 0.6) is 17.2 Å². The van der Waals surface area contributed by atoms with Gasteiger partial charge in [-0.15, -0.1) is 0 Å². The molecule has 2 aromatic carbocycles. The van der Waals surface area contributed by atoms with Gasteiger partial charge < -0.3 is 14.9 Å². The summed E-state index contributed by atoms with van der Waals surface area (Å²) < 4.78 is 6.42. The number of carbonyl (C=O) groups is 1. The quantitative estimate of drug-likeness (QED) is 0.431. The summed E-state index contributed by atoms with van der Waals surface area (Å²) in [6.07, 6.45) is 0.260. The van der Waals surface area contributed by atoms with E-state index < -0.39 is 5.69 Å². The highest BCUT2D eigenvalue weighted by molar-refractivity contribution is 5.86. The Balaban J connectivity index is 2.17. The van der Waals surface area contributed by atoms with E-state index >= 15 is 0 Å².